The van der Waals surface area contributed by atoms with Crippen molar-refractivity contribution in [1.29, 1.82) is 0 Å². The van der Waals surface area contributed by atoms with Crippen LogP contribution in [0.3, 0.4) is 0 Å². The van der Waals surface area contributed by atoms with E-state index in [-0.39, 0.29) is 17.9 Å². The van der Waals surface area contributed by atoms with Gasteiger partial charge in [0, 0.05) is 6.04 Å². The number of piperidine rings is 1. The van der Waals surface area contributed by atoms with Crippen LogP contribution < -0.4 is 10.6 Å². The first-order valence-corrected chi connectivity index (χ1v) is 10.5. The average Bonchev–Trinajstić information content (AvgIpc) is 3.02. The Morgan fingerprint density at radius 3 is 2.54 bits per heavy atom. The van der Waals surface area contributed by atoms with Gasteiger partial charge in [-0.15, -0.1) is 11.3 Å². The number of carboxylic acids is 1. The van der Waals surface area contributed by atoms with E-state index >= 15 is 0 Å². The monoisotopic (exact) mass is 379 g/mol. The molecule has 0 atom stereocenters. The van der Waals surface area contributed by atoms with Crippen molar-refractivity contribution in [3.63, 3.8) is 0 Å². The van der Waals surface area contributed by atoms with Gasteiger partial charge < -0.3 is 15.7 Å². The molecule has 2 heterocycles. The van der Waals surface area contributed by atoms with E-state index in [0.717, 1.165) is 55.4 Å². The van der Waals surface area contributed by atoms with Crippen LogP contribution in [0.2, 0.25) is 0 Å². The fourth-order valence-corrected chi connectivity index (χ4v) is 4.99. The second kappa shape index (κ2) is 8.95. The summed E-state index contributed by atoms with van der Waals surface area (Å²) in [7, 11) is 0. The Labute approximate surface area is 158 Å². The molecule has 7 heteroatoms. The lowest BCUT2D eigenvalue weighted by Gasteiger charge is -2.26. The third-order valence-electron chi connectivity index (χ3n) is 5.68. The number of aryl methyl sites for hydroxylation is 2. The molecule has 0 spiro atoms. The Bertz CT molecular complexity index is 632. The van der Waals surface area contributed by atoms with Crippen molar-refractivity contribution >= 4 is 23.2 Å². The molecule has 0 radical (unpaired) electrons. The maximum Gasteiger partial charge on any atom is 0.306 e. The molecule has 0 aromatic carbocycles. The quantitative estimate of drug-likeness (QED) is 0.707. The first-order valence-electron chi connectivity index (χ1n) is 9.73. The third-order valence-corrected chi connectivity index (χ3v) is 6.90. The molecule has 2 fully saturated rings. The number of amides is 1. The van der Waals surface area contributed by atoms with E-state index in [4.69, 9.17) is 5.11 Å². The fourth-order valence-electron chi connectivity index (χ4n) is 4.00. The first kappa shape index (κ1) is 19.3. The number of aromatic nitrogens is 1. The van der Waals surface area contributed by atoms with E-state index in [1.165, 1.54) is 24.2 Å². The standard InChI is InChI=1S/C19H29N3O3S/c1-12-17(18(23)22-15-5-3-14(4-6-15)19(24)25)26-16(21-12)7-2-13-8-10-20-11-9-13/h13-15,20H,2-11H2,1H3,(H,22,23)(H,24,25). The molecule has 6 nitrogen and oxygen atoms in total. The summed E-state index contributed by atoms with van der Waals surface area (Å²) in [6.45, 7) is 4.12. The molecule has 1 aromatic rings. The van der Waals surface area contributed by atoms with Crippen LogP contribution in [-0.2, 0) is 11.2 Å². The number of carbonyl (C=O) groups excluding carboxylic acids is 1. The Morgan fingerprint density at radius 1 is 1.19 bits per heavy atom. The zero-order chi connectivity index (χ0) is 18.5. The lowest BCUT2D eigenvalue weighted by Crippen LogP contribution is -2.38. The van der Waals surface area contributed by atoms with Crippen molar-refractivity contribution in [2.24, 2.45) is 11.8 Å². The molecule has 3 rings (SSSR count). The predicted octanol–water partition coefficient (Wildman–Crippen LogP) is 2.76. The van der Waals surface area contributed by atoms with E-state index in [0.29, 0.717) is 17.7 Å². The highest BCUT2D eigenvalue weighted by atomic mass is 32.1. The molecule has 1 aliphatic heterocycles. The van der Waals surface area contributed by atoms with Gasteiger partial charge in [0.1, 0.15) is 4.88 Å². The minimum atomic E-state index is -0.716. The van der Waals surface area contributed by atoms with Crippen LogP contribution in [0.15, 0.2) is 0 Å². The highest BCUT2D eigenvalue weighted by molar-refractivity contribution is 7.13. The minimum Gasteiger partial charge on any atom is -0.481 e. The highest BCUT2D eigenvalue weighted by Gasteiger charge is 2.27. The van der Waals surface area contributed by atoms with Crippen LogP contribution in [-0.4, -0.2) is 41.1 Å². The second-order valence-electron chi connectivity index (χ2n) is 7.61. The normalized spacial score (nSPS) is 24.3. The van der Waals surface area contributed by atoms with Gasteiger partial charge in [0.25, 0.3) is 5.91 Å². The van der Waals surface area contributed by atoms with Crippen LogP contribution in [0.4, 0.5) is 0 Å². The van der Waals surface area contributed by atoms with Crippen LogP contribution in [0.25, 0.3) is 0 Å². The summed E-state index contributed by atoms with van der Waals surface area (Å²) < 4.78 is 0. The van der Waals surface area contributed by atoms with Crippen LogP contribution in [0.5, 0.6) is 0 Å². The fraction of sp³-hybridized carbons (Fsp3) is 0.737. The molecular weight excluding hydrogens is 350 g/mol. The van der Waals surface area contributed by atoms with Gasteiger partial charge in [-0.25, -0.2) is 4.98 Å². The Kier molecular flexibility index (Phi) is 6.64. The first-order chi connectivity index (χ1) is 12.5. The van der Waals surface area contributed by atoms with Crippen molar-refractivity contribution in [3.8, 4) is 0 Å². The Morgan fingerprint density at radius 2 is 1.88 bits per heavy atom. The van der Waals surface area contributed by atoms with Gasteiger partial charge >= 0.3 is 5.97 Å². The maximum atomic E-state index is 12.6. The van der Waals surface area contributed by atoms with E-state index in [2.05, 4.69) is 15.6 Å². The minimum absolute atomic E-state index is 0.0492. The molecule has 1 aliphatic carbocycles. The summed E-state index contributed by atoms with van der Waals surface area (Å²) in [6, 6.07) is 0.0813. The maximum absolute atomic E-state index is 12.6. The predicted molar refractivity (Wildman–Crippen MR) is 102 cm³/mol. The Balaban J connectivity index is 1.50. The lowest BCUT2D eigenvalue weighted by molar-refractivity contribution is -0.142. The van der Waals surface area contributed by atoms with Gasteiger partial charge in [0.2, 0.25) is 0 Å². The van der Waals surface area contributed by atoms with Gasteiger partial charge in [-0.3, -0.25) is 9.59 Å². The topological polar surface area (TPSA) is 91.3 Å². The smallest absolute Gasteiger partial charge is 0.306 e. The molecule has 1 saturated heterocycles. The number of thiazole rings is 1. The van der Waals surface area contributed by atoms with E-state index in [9.17, 15) is 9.59 Å². The van der Waals surface area contributed by atoms with E-state index < -0.39 is 5.97 Å². The summed E-state index contributed by atoms with van der Waals surface area (Å²) >= 11 is 1.52. The summed E-state index contributed by atoms with van der Waals surface area (Å²) in [5, 5.41) is 16.6. The van der Waals surface area contributed by atoms with Crippen molar-refractivity contribution in [3.05, 3.63) is 15.6 Å². The number of rotatable bonds is 6. The Hall–Kier alpha value is -1.47. The summed E-state index contributed by atoms with van der Waals surface area (Å²) in [5.41, 5.74) is 0.812. The second-order valence-corrected chi connectivity index (χ2v) is 8.70. The van der Waals surface area contributed by atoms with E-state index in [1.807, 2.05) is 6.92 Å². The number of carboxylic acid groups (broad SMARTS) is 1. The number of hydrogen-bond acceptors (Lipinski definition) is 5. The number of nitrogens with zero attached hydrogens (tertiary/aromatic N) is 1. The number of hydrogen-bond donors (Lipinski definition) is 3. The van der Waals surface area contributed by atoms with Crippen molar-refractivity contribution in [1.82, 2.24) is 15.6 Å². The van der Waals surface area contributed by atoms with Gasteiger partial charge in [-0.2, -0.15) is 0 Å². The summed E-state index contributed by atoms with van der Waals surface area (Å²) in [4.78, 5) is 29.0. The molecule has 0 bridgehead atoms. The number of aliphatic carboxylic acids is 1. The average molecular weight is 380 g/mol. The van der Waals surface area contributed by atoms with Crippen LogP contribution >= 0.6 is 11.3 Å². The molecule has 1 saturated carbocycles. The number of nitrogens with one attached hydrogen (secondary N) is 2. The van der Waals surface area contributed by atoms with Gasteiger partial charge in [-0.1, -0.05) is 0 Å². The van der Waals surface area contributed by atoms with Gasteiger partial charge in [-0.05, 0) is 77.3 Å². The summed E-state index contributed by atoms with van der Waals surface area (Å²) in [5.74, 6) is -0.254. The highest BCUT2D eigenvalue weighted by Crippen LogP contribution is 2.26. The zero-order valence-electron chi connectivity index (χ0n) is 15.4. The zero-order valence-corrected chi connectivity index (χ0v) is 16.2. The molecule has 2 aliphatic rings. The van der Waals surface area contributed by atoms with Crippen molar-refractivity contribution < 1.29 is 14.7 Å². The molecule has 0 unspecified atom stereocenters. The van der Waals surface area contributed by atoms with E-state index in [1.54, 1.807) is 0 Å². The summed E-state index contributed by atoms with van der Waals surface area (Å²) in [6.07, 6.45) is 7.33. The molecular formula is C19H29N3O3S. The third kappa shape index (κ3) is 5.04. The SMILES string of the molecule is Cc1nc(CCC2CCNCC2)sc1C(=O)NC1CCC(C(=O)O)CC1. The lowest BCUT2D eigenvalue weighted by atomic mass is 9.86. The number of carbonyl (C=O) groups is 2. The molecule has 1 amide bonds. The molecule has 26 heavy (non-hydrogen) atoms. The van der Waals surface area contributed by atoms with Crippen molar-refractivity contribution in [2.45, 2.75) is 64.3 Å². The molecule has 1 aromatic heterocycles. The van der Waals surface area contributed by atoms with Crippen LogP contribution in [0, 0.1) is 18.8 Å². The van der Waals surface area contributed by atoms with Gasteiger partial charge in [0.15, 0.2) is 0 Å². The van der Waals surface area contributed by atoms with Gasteiger partial charge in [0.05, 0.1) is 16.6 Å². The molecule has 3 N–H and O–H groups in total. The largest absolute Gasteiger partial charge is 0.481 e. The van der Waals surface area contributed by atoms with Crippen LogP contribution in [0.1, 0.15) is 65.3 Å². The molecule has 144 valence electrons. The van der Waals surface area contributed by atoms with Crippen molar-refractivity contribution in [2.75, 3.05) is 13.1 Å².